The van der Waals surface area contributed by atoms with Gasteiger partial charge in [-0.1, -0.05) is 23.7 Å². The first-order chi connectivity index (χ1) is 26.4. The zero-order valence-electron chi connectivity index (χ0n) is 28.9. The summed E-state index contributed by atoms with van der Waals surface area (Å²) in [4.78, 5) is 84.3. The summed E-state index contributed by atoms with van der Waals surface area (Å²) in [5.41, 5.74) is 2.64. The lowest BCUT2D eigenvalue weighted by Gasteiger charge is -2.38. The van der Waals surface area contributed by atoms with Gasteiger partial charge in [0.15, 0.2) is 0 Å². The van der Waals surface area contributed by atoms with Crippen molar-refractivity contribution >= 4 is 75.3 Å². The molecule has 18 nitrogen and oxygen atoms in total. The first-order valence-electron chi connectivity index (χ1n) is 17.1. The highest BCUT2D eigenvalue weighted by atomic mass is 35.5. The number of hydrogen-bond donors (Lipinski definition) is 5. The van der Waals surface area contributed by atoms with Crippen LogP contribution in [0.15, 0.2) is 73.1 Å². The second-order valence-corrected chi connectivity index (χ2v) is 13.5. The lowest BCUT2D eigenvalue weighted by Crippen LogP contribution is -2.60. The van der Waals surface area contributed by atoms with Gasteiger partial charge in [-0.2, -0.15) is 4.68 Å². The van der Waals surface area contributed by atoms with Gasteiger partial charge >= 0.3 is 29.8 Å². The van der Waals surface area contributed by atoms with E-state index in [-0.39, 0.29) is 31.2 Å². The number of nitrogens with one attached hydrogen (secondary N) is 3. The summed E-state index contributed by atoms with van der Waals surface area (Å²) in [7, 11) is 0. The quantitative estimate of drug-likeness (QED) is 0.129. The number of amides is 5. The molecule has 4 heterocycles. The SMILES string of the molecule is O=C(O)c1cc2cc(NC(=O)[C@H](Cc3ccc(NC(=O)N4CCC(C(=O)O)CC4)cc3)N3CCN(c4cc(Cl)ccc4-n4cnnn4)C(=O)C3=O)ccc2[nH]1. The predicted molar refractivity (Wildman–Crippen MR) is 197 cm³/mol. The maximum absolute atomic E-state index is 14.1. The Kier molecular flexibility index (Phi) is 10.1. The molecule has 7 rings (SSSR count). The van der Waals surface area contributed by atoms with Gasteiger partial charge in [0.1, 0.15) is 18.1 Å². The fraction of sp³-hybridized carbons (Fsp3) is 0.250. The molecule has 5 N–H and O–H groups in total. The van der Waals surface area contributed by atoms with Crippen LogP contribution in [0, 0.1) is 5.92 Å². The number of halogens is 1. The Labute approximate surface area is 316 Å². The summed E-state index contributed by atoms with van der Waals surface area (Å²) in [6.07, 6.45) is 2.05. The Morgan fingerprint density at radius 3 is 2.29 bits per heavy atom. The molecule has 0 bridgehead atoms. The Bertz CT molecular complexity index is 2300. The number of aliphatic carboxylic acids is 1. The molecule has 2 saturated heterocycles. The van der Waals surface area contributed by atoms with Gasteiger partial charge in [-0.25, -0.2) is 9.59 Å². The number of hydrogen-bond acceptors (Lipinski definition) is 9. The van der Waals surface area contributed by atoms with Crippen LogP contribution in [0.3, 0.4) is 0 Å². The van der Waals surface area contributed by atoms with E-state index >= 15 is 0 Å². The van der Waals surface area contributed by atoms with Crippen molar-refractivity contribution in [3.8, 4) is 5.69 Å². The molecule has 1 atom stereocenters. The van der Waals surface area contributed by atoms with Crippen LogP contribution in [0.5, 0.6) is 0 Å². The smallest absolute Gasteiger partial charge is 0.352 e. The van der Waals surface area contributed by atoms with E-state index in [0.29, 0.717) is 70.2 Å². The lowest BCUT2D eigenvalue weighted by molar-refractivity contribution is -0.149. The highest BCUT2D eigenvalue weighted by molar-refractivity contribution is 6.41. The molecule has 3 aromatic carbocycles. The number of fused-ring (bicyclic) bond motifs is 1. The Morgan fingerprint density at radius 2 is 1.60 bits per heavy atom. The summed E-state index contributed by atoms with van der Waals surface area (Å²) >= 11 is 6.29. The Balaban J connectivity index is 1.12. The minimum absolute atomic E-state index is 0.00573. The monoisotopic (exact) mass is 768 g/mol. The molecule has 2 aromatic heterocycles. The summed E-state index contributed by atoms with van der Waals surface area (Å²) in [6, 6.07) is 16.1. The van der Waals surface area contributed by atoms with Crippen molar-refractivity contribution in [3.05, 3.63) is 89.3 Å². The third-order valence-electron chi connectivity index (χ3n) is 9.64. The van der Waals surface area contributed by atoms with Crippen LogP contribution in [-0.2, 0) is 25.6 Å². The van der Waals surface area contributed by atoms with Gasteiger partial charge in [-0.05, 0) is 83.4 Å². The maximum atomic E-state index is 14.1. The third-order valence-corrected chi connectivity index (χ3v) is 9.88. The Hall–Kier alpha value is -6.82. The van der Waals surface area contributed by atoms with E-state index in [0.717, 1.165) is 0 Å². The number of benzene rings is 3. The van der Waals surface area contributed by atoms with E-state index in [2.05, 4.69) is 31.1 Å². The largest absolute Gasteiger partial charge is 0.481 e. The standard InChI is InChI=1S/C36H33ClN10O8/c37-23-3-8-28(47-19-38-42-43-47)29(18-23)45-13-14-46(33(50)32(45)49)30(31(48)39-25-6-7-26-22(16-25)17-27(41-26)35(53)54)15-20-1-4-24(5-2-20)40-36(55)44-11-9-21(10-12-44)34(51)52/h1-8,16-19,21,30,41H,9-15H2,(H,39,48)(H,40,55)(H,51,52)(H,53,54)/t30-/m0/s1. The second kappa shape index (κ2) is 15.3. The van der Waals surface area contributed by atoms with Crippen molar-refractivity contribution in [2.45, 2.75) is 25.3 Å². The number of aromatic amines is 1. The number of carbonyl (C=O) groups excluding carboxylic acids is 4. The first kappa shape index (κ1) is 36.5. The number of nitrogens with zero attached hydrogens (tertiary/aromatic N) is 7. The highest BCUT2D eigenvalue weighted by Gasteiger charge is 2.41. The molecule has 0 spiro atoms. The van der Waals surface area contributed by atoms with Crippen molar-refractivity contribution in [2.75, 3.05) is 41.7 Å². The van der Waals surface area contributed by atoms with E-state index in [1.807, 2.05) is 0 Å². The van der Waals surface area contributed by atoms with Crippen LogP contribution in [0.25, 0.3) is 16.6 Å². The van der Waals surface area contributed by atoms with Crippen LogP contribution in [0.2, 0.25) is 5.02 Å². The van der Waals surface area contributed by atoms with Gasteiger partial charge < -0.3 is 40.5 Å². The summed E-state index contributed by atoms with van der Waals surface area (Å²) in [5.74, 6) is -4.92. The average Bonchev–Trinajstić information content (AvgIpc) is 3.87. The number of tetrazole rings is 1. The normalized spacial score (nSPS) is 15.6. The Morgan fingerprint density at radius 1 is 0.855 bits per heavy atom. The van der Waals surface area contributed by atoms with Gasteiger partial charge in [0.2, 0.25) is 5.91 Å². The number of likely N-dealkylation sites (tertiary alicyclic amines) is 1. The van der Waals surface area contributed by atoms with Crippen molar-refractivity contribution in [1.29, 1.82) is 0 Å². The number of piperazine rings is 1. The number of piperidine rings is 1. The lowest BCUT2D eigenvalue weighted by atomic mass is 9.97. The molecule has 0 unspecified atom stereocenters. The minimum Gasteiger partial charge on any atom is -0.481 e. The fourth-order valence-corrected chi connectivity index (χ4v) is 6.90. The number of aromatic nitrogens is 5. The van der Waals surface area contributed by atoms with E-state index in [4.69, 9.17) is 11.6 Å². The highest BCUT2D eigenvalue weighted by Crippen LogP contribution is 2.30. The van der Waals surface area contributed by atoms with E-state index in [1.54, 1.807) is 59.5 Å². The number of urea groups is 1. The van der Waals surface area contributed by atoms with Crippen LogP contribution in [0.1, 0.15) is 28.9 Å². The summed E-state index contributed by atoms with van der Waals surface area (Å²) in [6.45, 7) is 0.596. The van der Waals surface area contributed by atoms with Crippen LogP contribution < -0.4 is 15.5 Å². The minimum atomic E-state index is -1.18. The fourth-order valence-electron chi connectivity index (χ4n) is 6.73. The molecule has 5 amide bonds. The number of carbonyl (C=O) groups is 6. The summed E-state index contributed by atoms with van der Waals surface area (Å²) in [5, 5.41) is 36.3. The molecule has 0 aliphatic carbocycles. The van der Waals surface area contributed by atoms with Gasteiger partial charge in [-0.3, -0.25) is 19.2 Å². The number of carboxylic acid groups (broad SMARTS) is 2. The maximum Gasteiger partial charge on any atom is 0.352 e. The molecule has 0 saturated carbocycles. The number of rotatable bonds is 10. The molecule has 2 fully saturated rings. The number of aromatic carboxylic acids is 1. The zero-order valence-corrected chi connectivity index (χ0v) is 29.6. The van der Waals surface area contributed by atoms with Gasteiger partial charge in [0.05, 0.1) is 17.3 Å². The van der Waals surface area contributed by atoms with Crippen LogP contribution in [-0.4, -0.2) is 113 Å². The van der Waals surface area contributed by atoms with E-state index in [9.17, 15) is 39.0 Å². The number of anilines is 3. The first-order valence-corrected chi connectivity index (χ1v) is 17.5. The molecule has 2 aliphatic heterocycles. The third kappa shape index (κ3) is 7.79. The molecule has 19 heteroatoms. The van der Waals surface area contributed by atoms with Crippen molar-refractivity contribution in [3.63, 3.8) is 0 Å². The van der Waals surface area contributed by atoms with E-state index in [1.165, 1.54) is 32.9 Å². The number of carboxylic acids is 2. The molecule has 2 aliphatic rings. The zero-order chi connectivity index (χ0) is 38.8. The van der Waals surface area contributed by atoms with Gasteiger partial charge in [-0.15, -0.1) is 5.10 Å². The van der Waals surface area contributed by atoms with Gasteiger partial charge in [0.25, 0.3) is 0 Å². The molecule has 5 aromatic rings. The average molecular weight is 769 g/mol. The molecule has 282 valence electrons. The van der Waals surface area contributed by atoms with Crippen molar-refractivity contribution < 1.29 is 39.0 Å². The van der Waals surface area contributed by atoms with E-state index < -0.39 is 41.6 Å². The van der Waals surface area contributed by atoms with Crippen molar-refractivity contribution in [1.82, 2.24) is 35.0 Å². The van der Waals surface area contributed by atoms with Crippen molar-refractivity contribution in [2.24, 2.45) is 5.92 Å². The summed E-state index contributed by atoms with van der Waals surface area (Å²) < 4.78 is 1.33. The van der Waals surface area contributed by atoms with Crippen LogP contribution in [0.4, 0.5) is 21.9 Å². The topological polar surface area (TPSA) is 236 Å². The predicted octanol–water partition coefficient (Wildman–Crippen LogP) is 3.25. The van der Waals surface area contributed by atoms with Crippen LogP contribution >= 0.6 is 11.6 Å². The van der Waals surface area contributed by atoms with Gasteiger partial charge in [0, 0.05) is 59.9 Å². The molecule has 55 heavy (non-hydrogen) atoms. The molecule has 0 radical (unpaired) electrons. The second-order valence-electron chi connectivity index (χ2n) is 13.1. The number of H-pyrrole nitrogens is 1. The molecular weight excluding hydrogens is 736 g/mol. The molecular formula is C36H33ClN10O8.